The van der Waals surface area contributed by atoms with Crippen LogP contribution in [0.4, 0.5) is 11.4 Å². The zero-order valence-corrected chi connectivity index (χ0v) is 15.4. The second-order valence-electron chi connectivity index (χ2n) is 5.77. The fourth-order valence-electron chi connectivity index (χ4n) is 2.63. The number of benzene rings is 2. The summed E-state index contributed by atoms with van der Waals surface area (Å²) in [7, 11) is 0. The van der Waals surface area contributed by atoms with Crippen molar-refractivity contribution in [1.29, 1.82) is 0 Å². The first kappa shape index (κ1) is 18.5. The minimum Gasteiger partial charge on any atom is -0.326 e. The molecule has 1 N–H and O–H groups in total. The molecule has 7 heteroatoms. The Morgan fingerprint density at radius 3 is 2.50 bits per heavy atom. The van der Waals surface area contributed by atoms with Gasteiger partial charge in [-0.25, -0.2) is 4.90 Å². The number of thioether (sulfide) groups is 1. The molecule has 0 aromatic heterocycles. The summed E-state index contributed by atoms with van der Waals surface area (Å²) in [5, 5.41) is 2.94. The van der Waals surface area contributed by atoms with Gasteiger partial charge in [0.05, 0.1) is 10.9 Å². The van der Waals surface area contributed by atoms with Crippen molar-refractivity contribution < 1.29 is 14.4 Å². The molecule has 0 spiro atoms. The molecule has 134 valence electrons. The van der Waals surface area contributed by atoms with Gasteiger partial charge in [-0.05, 0) is 36.4 Å². The Morgan fingerprint density at radius 1 is 1.12 bits per heavy atom. The van der Waals surface area contributed by atoms with E-state index in [9.17, 15) is 14.4 Å². The van der Waals surface area contributed by atoms with Crippen molar-refractivity contribution >= 4 is 52.5 Å². The van der Waals surface area contributed by atoms with Crippen LogP contribution < -0.4 is 10.2 Å². The second kappa shape index (κ2) is 8.38. The third-order valence-electron chi connectivity index (χ3n) is 3.90. The van der Waals surface area contributed by atoms with Crippen LogP contribution in [0.25, 0.3) is 0 Å². The number of amides is 3. The summed E-state index contributed by atoms with van der Waals surface area (Å²) in [6.45, 7) is 0. The van der Waals surface area contributed by atoms with Gasteiger partial charge in [0.2, 0.25) is 17.7 Å². The summed E-state index contributed by atoms with van der Waals surface area (Å²) in [6.07, 6.45) is 0.424. The van der Waals surface area contributed by atoms with Crippen LogP contribution in [0.2, 0.25) is 5.02 Å². The number of imide groups is 1. The van der Waals surface area contributed by atoms with Crippen molar-refractivity contribution in [2.45, 2.75) is 18.1 Å². The lowest BCUT2D eigenvalue weighted by atomic mass is 10.3. The number of para-hydroxylation sites is 1. The predicted molar refractivity (Wildman–Crippen MR) is 104 cm³/mol. The Balaban J connectivity index is 1.49. The topological polar surface area (TPSA) is 66.5 Å². The van der Waals surface area contributed by atoms with Crippen LogP contribution in [0, 0.1) is 0 Å². The van der Waals surface area contributed by atoms with Gasteiger partial charge in [-0.3, -0.25) is 14.4 Å². The van der Waals surface area contributed by atoms with E-state index >= 15 is 0 Å². The molecule has 1 atom stereocenters. The Kier molecular flexibility index (Phi) is 5.96. The summed E-state index contributed by atoms with van der Waals surface area (Å²) >= 11 is 7.15. The zero-order chi connectivity index (χ0) is 18.5. The Bertz CT molecular complexity index is 811. The van der Waals surface area contributed by atoms with E-state index in [1.807, 2.05) is 6.07 Å². The molecule has 3 amide bonds. The van der Waals surface area contributed by atoms with E-state index in [0.717, 1.165) is 0 Å². The van der Waals surface area contributed by atoms with E-state index in [0.29, 0.717) is 22.2 Å². The Labute approximate surface area is 160 Å². The van der Waals surface area contributed by atoms with Gasteiger partial charge in [0.25, 0.3) is 0 Å². The van der Waals surface area contributed by atoms with Gasteiger partial charge < -0.3 is 5.32 Å². The van der Waals surface area contributed by atoms with Crippen molar-refractivity contribution in [2.24, 2.45) is 0 Å². The van der Waals surface area contributed by atoms with Crippen molar-refractivity contribution in [3.8, 4) is 0 Å². The van der Waals surface area contributed by atoms with Crippen LogP contribution >= 0.6 is 23.4 Å². The summed E-state index contributed by atoms with van der Waals surface area (Å²) in [5.41, 5.74) is 1.26. The van der Waals surface area contributed by atoms with Gasteiger partial charge in [-0.15, -0.1) is 11.8 Å². The average molecular weight is 389 g/mol. The van der Waals surface area contributed by atoms with Crippen LogP contribution in [0.3, 0.4) is 0 Å². The van der Waals surface area contributed by atoms with Gasteiger partial charge in [-0.1, -0.05) is 29.8 Å². The number of nitrogens with zero attached hydrogens (tertiary/aromatic N) is 1. The van der Waals surface area contributed by atoms with Gasteiger partial charge in [-0.2, -0.15) is 0 Å². The maximum Gasteiger partial charge on any atom is 0.247 e. The zero-order valence-electron chi connectivity index (χ0n) is 13.9. The normalized spacial score (nSPS) is 16.8. The Hall–Kier alpha value is -2.31. The standard InChI is InChI=1S/C19H17ClN2O3S/c20-13-6-8-14(9-7-13)21-17(23)10-11-26-16-12-18(24)22(19(16)25)15-4-2-1-3-5-15/h1-9,16H,10-12H2,(H,21,23)/t16-/m0/s1. The van der Waals surface area contributed by atoms with Crippen molar-refractivity contribution in [1.82, 2.24) is 0 Å². The summed E-state index contributed by atoms with van der Waals surface area (Å²) in [4.78, 5) is 37.9. The highest BCUT2D eigenvalue weighted by molar-refractivity contribution is 8.00. The number of anilines is 2. The fraction of sp³-hybridized carbons (Fsp3) is 0.211. The van der Waals surface area contributed by atoms with E-state index in [1.165, 1.54) is 16.7 Å². The molecule has 1 heterocycles. The van der Waals surface area contributed by atoms with Crippen LogP contribution in [0.1, 0.15) is 12.8 Å². The highest BCUT2D eigenvalue weighted by Crippen LogP contribution is 2.29. The maximum atomic E-state index is 12.5. The molecule has 1 saturated heterocycles. The number of carbonyl (C=O) groups excluding carboxylic acids is 3. The van der Waals surface area contributed by atoms with Crippen LogP contribution in [-0.4, -0.2) is 28.7 Å². The Morgan fingerprint density at radius 2 is 1.81 bits per heavy atom. The summed E-state index contributed by atoms with van der Waals surface area (Å²) in [5.74, 6) is -0.101. The lowest BCUT2D eigenvalue weighted by Gasteiger charge is -2.14. The molecule has 2 aromatic rings. The summed E-state index contributed by atoms with van der Waals surface area (Å²) < 4.78 is 0. The largest absolute Gasteiger partial charge is 0.326 e. The smallest absolute Gasteiger partial charge is 0.247 e. The lowest BCUT2D eigenvalue weighted by molar-refractivity contribution is -0.121. The average Bonchev–Trinajstić information content (AvgIpc) is 2.91. The molecule has 1 aliphatic rings. The van der Waals surface area contributed by atoms with Crippen LogP contribution in [-0.2, 0) is 14.4 Å². The quantitative estimate of drug-likeness (QED) is 0.765. The predicted octanol–water partition coefficient (Wildman–Crippen LogP) is 3.73. The number of nitrogens with one attached hydrogen (secondary N) is 1. The maximum absolute atomic E-state index is 12.5. The highest BCUT2D eigenvalue weighted by Gasteiger charge is 2.39. The molecule has 1 fully saturated rings. The molecule has 0 aliphatic carbocycles. The number of halogens is 1. The molecule has 2 aromatic carbocycles. The molecule has 3 rings (SSSR count). The second-order valence-corrected chi connectivity index (χ2v) is 7.52. The van der Waals surface area contributed by atoms with E-state index in [4.69, 9.17) is 11.6 Å². The van der Waals surface area contributed by atoms with Crippen molar-refractivity contribution in [3.63, 3.8) is 0 Å². The molecule has 0 unspecified atom stereocenters. The van der Waals surface area contributed by atoms with Gasteiger partial charge in [0, 0.05) is 29.3 Å². The molecule has 0 saturated carbocycles. The number of rotatable bonds is 6. The van der Waals surface area contributed by atoms with Gasteiger partial charge in [0.1, 0.15) is 0 Å². The van der Waals surface area contributed by atoms with Crippen molar-refractivity contribution in [2.75, 3.05) is 16.0 Å². The van der Waals surface area contributed by atoms with E-state index in [-0.39, 0.29) is 30.6 Å². The number of carbonyl (C=O) groups is 3. The third-order valence-corrected chi connectivity index (χ3v) is 5.36. The molecule has 0 bridgehead atoms. The van der Waals surface area contributed by atoms with E-state index in [1.54, 1.807) is 48.5 Å². The lowest BCUT2D eigenvalue weighted by Crippen LogP contribution is -2.31. The molecule has 1 aliphatic heterocycles. The summed E-state index contributed by atoms with van der Waals surface area (Å²) in [6, 6.07) is 15.7. The minimum atomic E-state index is -0.439. The minimum absolute atomic E-state index is 0.142. The first-order valence-corrected chi connectivity index (χ1v) is 9.56. The first-order chi connectivity index (χ1) is 12.5. The number of hydrogen-bond donors (Lipinski definition) is 1. The van der Waals surface area contributed by atoms with Crippen LogP contribution in [0.15, 0.2) is 54.6 Å². The molecule has 26 heavy (non-hydrogen) atoms. The third kappa shape index (κ3) is 4.45. The van der Waals surface area contributed by atoms with Gasteiger partial charge >= 0.3 is 0 Å². The molecular formula is C19H17ClN2O3S. The van der Waals surface area contributed by atoms with E-state index < -0.39 is 5.25 Å². The molecule has 0 radical (unpaired) electrons. The van der Waals surface area contributed by atoms with Gasteiger partial charge in [0.15, 0.2) is 0 Å². The monoisotopic (exact) mass is 388 g/mol. The fourth-order valence-corrected chi connectivity index (χ4v) is 3.86. The van der Waals surface area contributed by atoms with E-state index in [2.05, 4.69) is 5.32 Å². The first-order valence-electron chi connectivity index (χ1n) is 8.13. The number of hydrogen-bond acceptors (Lipinski definition) is 4. The molecular weight excluding hydrogens is 372 g/mol. The SMILES string of the molecule is O=C(CCS[C@H]1CC(=O)N(c2ccccc2)C1=O)Nc1ccc(Cl)cc1. The van der Waals surface area contributed by atoms with Crippen molar-refractivity contribution in [3.05, 3.63) is 59.6 Å². The highest BCUT2D eigenvalue weighted by atomic mass is 35.5. The molecule has 5 nitrogen and oxygen atoms in total. The van der Waals surface area contributed by atoms with Crippen LogP contribution in [0.5, 0.6) is 0 Å².